The van der Waals surface area contributed by atoms with Crippen molar-refractivity contribution < 1.29 is 14.3 Å². The zero-order valence-corrected chi connectivity index (χ0v) is 15.9. The molecular weight excluding hydrogens is 352 g/mol. The van der Waals surface area contributed by atoms with E-state index in [4.69, 9.17) is 9.47 Å². The molecule has 0 fully saturated rings. The van der Waals surface area contributed by atoms with Gasteiger partial charge in [-0.15, -0.1) is 0 Å². The van der Waals surface area contributed by atoms with Gasteiger partial charge >= 0.3 is 0 Å². The monoisotopic (exact) mass is 376 g/mol. The molecule has 0 aliphatic carbocycles. The van der Waals surface area contributed by atoms with Gasteiger partial charge in [-0.1, -0.05) is 54.6 Å². The van der Waals surface area contributed by atoms with Gasteiger partial charge in [-0.2, -0.15) is 0 Å². The van der Waals surface area contributed by atoms with Crippen LogP contribution in [0.1, 0.15) is 12.5 Å². The van der Waals surface area contributed by atoms with Crippen molar-refractivity contribution in [2.75, 3.05) is 23.8 Å². The van der Waals surface area contributed by atoms with Gasteiger partial charge in [0.05, 0.1) is 24.5 Å². The Bertz CT molecular complexity index is 897. The maximum atomic E-state index is 12.4. The van der Waals surface area contributed by atoms with Crippen LogP contribution in [0.3, 0.4) is 0 Å². The highest BCUT2D eigenvalue weighted by molar-refractivity contribution is 5.95. The third kappa shape index (κ3) is 5.51. The molecule has 0 atom stereocenters. The molecule has 5 heteroatoms. The van der Waals surface area contributed by atoms with Crippen LogP contribution in [0.4, 0.5) is 11.4 Å². The van der Waals surface area contributed by atoms with Crippen LogP contribution >= 0.6 is 0 Å². The zero-order valence-electron chi connectivity index (χ0n) is 15.9. The number of carbonyl (C=O) groups excluding carboxylic acids is 1. The van der Waals surface area contributed by atoms with Gasteiger partial charge in [0.25, 0.3) is 0 Å². The fourth-order valence-corrected chi connectivity index (χ4v) is 2.70. The molecule has 0 radical (unpaired) electrons. The van der Waals surface area contributed by atoms with Crippen molar-refractivity contribution in [3.05, 3.63) is 84.4 Å². The van der Waals surface area contributed by atoms with Crippen molar-refractivity contribution in [3.63, 3.8) is 0 Å². The van der Waals surface area contributed by atoms with Crippen molar-refractivity contribution in [3.8, 4) is 11.5 Å². The number of para-hydroxylation sites is 4. The normalized spacial score (nSPS) is 10.2. The summed E-state index contributed by atoms with van der Waals surface area (Å²) in [5.74, 6) is 1.20. The number of hydrogen-bond donors (Lipinski definition) is 2. The second-order valence-electron chi connectivity index (χ2n) is 6.10. The first-order valence-corrected chi connectivity index (χ1v) is 9.27. The van der Waals surface area contributed by atoms with Gasteiger partial charge in [0.15, 0.2) is 0 Å². The number of nitrogens with one attached hydrogen (secondary N) is 2. The summed E-state index contributed by atoms with van der Waals surface area (Å²) in [5.41, 5.74) is 2.51. The lowest BCUT2D eigenvalue weighted by Gasteiger charge is -2.14. The van der Waals surface area contributed by atoms with E-state index >= 15 is 0 Å². The SMILES string of the molecule is CCOc1ccccc1NC(=O)CNc1ccccc1OCc1ccccc1. The highest BCUT2D eigenvalue weighted by atomic mass is 16.5. The molecule has 3 aromatic carbocycles. The molecule has 144 valence electrons. The molecule has 1 amide bonds. The highest BCUT2D eigenvalue weighted by Gasteiger charge is 2.09. The quantitative estimate of drug-likeness (QED) is 0.568. The Balaban J connectivity index is 1.58. The third-order valence-corrected chi connectivity index (χ3v) is 4.02. The summed E-state index contributed by atoms with van der Waals surface area (Å²) >= 11 is 0. The predicted molar refractivity (Wildman–Crippen MR) is 112 cm³/mol. The van der Waals surface area contributed by atoms with Crippen molar-refractivity contribution in [2.45, 2.75) is 13.5 Å². The van der Waals surface area contributed by atoms with Gasteiger partial charge in [-0.25, -0.2) is 0 Å². The van der Waals surface area contributed by atoms with E-state index in [1.807, 2.05) is 85.8 Å². The molecule has 0 saturated heterocycles. The largest absolute Gasteiger partial charge is 0.492 e. The molecule has 0 heterocycles. The first-order chi connectivity index (χ1) is 13.8. The first kappa shape index (κ1) is 19.3. The number of rotatable bonds is 9. The molecule has 0 bridgehead atoms. The minimum absolute atomic E-state index is 0.117. The minimum Gasteiger partial charge on any atom is -0.492 e. The van der Waals surface area contributed by atoms with Gasteiger partial charge in [-0.05, 0) is 36.8 Å². The summed E-state index contributed by atoms with van der Waals surface area (Å²) in [4.78, 5) is 12.4. The molecule has 0 aliphatic heterocycles. The zero-order chi connectivity index (χ0) is 19.6. The second kappa shape index (κ2) is 10.0. The van der Waals surface area contributed by atoms with Gasteiger partial charge < -0.3 is 20.1 Å². The molecule has 0 spiro atoms. The molecular formula is C23H24N2O3. The molecule has 0 aliphatic rings. The predicted octanol–water partition coefficient (Wildman–Crippen LogP) is 4.71. The average molecular weight is 376 g/mol. The Morgan fingerprint density at radius 3 is 2.11 bits per heavy atom. The number of hydrogen-bond acceptors (Lipinski definition) is 4. The Kier molecular flexibility index (Phi) is 6.90. The number of anilines is 2. The molecule has 3 aromatic rings. The average Bonchev–Trinajstić information content (AvgIpc) is 2.74. The van der Waals surface area contributed by atoms with E-state index in [0.29, 0.717) is 30.4 Å². The van der Waals surface area contributed by atoms with E-state index < -0.39 is 0 Å². The van der Waals surface area contributed by atoms with Crippen LogP contribution in [-0.4, -0.2) is 19.1 Å². The van der Waals surface area contributed by atoms with E-state index in [1.54, 1.807) is 0 Å². The summed E-state index contributed by atoms with van der Waals surface area (Å²) in [6.07, 6.45) is 0. The van der Waals surface area contributed by atoms with Gasteiger partial charge in [0, 0.05) is 0 Å². The van der Waals surface area contributed by atoms with Gasteiger partial charge in [-0.3, -0.25) is 4.79 Å². The van der Waals surface area contributed by atoms with E-state index in [1.165, 1.54) is 0 Å². The Morgan fingerprint density at radius 2 is 1.39 bits per heavy atom. The summed E-state index contributed by atoms with van der Waals surface area (Å²) in [6, 6.07) is 24.9. The van der Waals surface area contributed by atoms with Crippen molar-refractivity contribution in [1.82, 2.24) is 0 Å². The Morgan fingerprint density at radius 1 is 0.786 bits per heavy atom. The van der Waals surface area contributed by atoms with Crippen LogP contribution in [0.2, 0.25) is 0 Å². The lowest BCUT2D eigenvalue weighted by molar-refractivity contribution is -0.114. The molecule has 3 rings (SSSR count). The fraction of sp³-hybridized carbons (Fsp3) is 0.174. The Hall–Kier alpha value is -3.47. The smallest absolute Gasteiger partial charge is 0.243 e. The number of ether oxygens (including phenoxy) is 2. The van der Waals surface area contributed by atoms with Crippen molar-refractivity contribution in [2.24, 2.45) is 0 Å². The van der Waals surface area contributed by atoms with Crippen LogP contribution in [0.25, 0.3) is 0 Å². The molecule has 5 nitrogen and oxygen atoms in total. The highest BCUT2D eigenvalue weighted by Crippen LogP contribution is 2.25. The minimum atomic E-state index is -0.162. The standard InChI is InChI=1S/C23H24N2O3/c1-2-27-22-15-9-7-13-20(22)25-23(26)16-24-19-12-6-8-14-21(19)28-17-18-10-4-3-5-11-18/h3-15,24H,2,16-17H2,1H3,(H,25,26). The number of carbonyl (C=O) groups is 1. The molecule has 2 N–H and O–H groups in total. The number of amides is 1. The molecule has 0 aromatic heterocycles. The van der Waals surface area contributed by atoms with E-state index in [0.717, 1.165) is 11.3 Å². The second-order valence-corrected chi connectivity index (χ2v) is 6.10. The van der Waals surface area contributed by atoms with Crippen molar-refractivity contribution in [1.29, 1.82) is 0 Å². The van der Waals surface area contributed by atoms with Gasteiger partial charge in [0.1, 0.15) is 18.1 Å². The topological polar surface area (TPSA) is 59.6 Å². The van der Waals surface area contributed by atoms with Crippen molar-refractivity contribution >= 4 is 17.3 Å². The first-order valence-electron chi connectivity index (χ1n) is 9.27. The van der Waals surface area contributed by atoms with E-state index in [2.05, 4.69) is 10.6 Å². The fourth-order valence-electron chi connectivity index (χ4n) is 2.70. The van der Waals surface area contributed by atoms with E-state index in [9.17, 15) is 4.79 Å². The lowest BCUT2D eigenvalue weighted by Crippen LogP contribution is -2.22. The summed E-state index contributed by atoms with van der Waals surface area (Å²) in [6.45, 7) is 3.03. The maximum absolute atomic E-state index is 12.4. The third-order valence-electron chi connectivity index (χ3n) is 4.02. The Labute approximate surface area is 165 Å². The molecule has 0 saturated carbocycles. The van der Waals surface area contributed by atoms with Crippen LogP contribution in [0, 0.1) is 0 Å². The molecule has 28 heavy (non-hydrogen) atoms. The maximum Gasteiger partial charge on any atom is 0.243 e. The number of benzene rings is 3. The van der Waals surface area contributed by atoms with Gasteiger partial charge in [0.2, 0.25) is 5.91 Å². The molecule has 0 unspecified atom stereocenters. The van der Waals surface area contributed by atoms with Crippen LogP contribution in [-0.2, 0) is 11.4 Å². The summed E-state index contributed by atoms with van der Waals surface area (Å²) < 4.78 is 11.4. The van der Waals surface area contributed by atoms with Crippen LogP contribution < -0.4 is 20.1 Å². The van der Waals surface area contributed by atoms with E-state index in [-0.39, 0.29) is 12.5 Å². The lowest BCUT2D eigenvalue weighted by atomic mass is 10.2. The van der Waals surface area contributed by atoms with Crippen LogP contribution in [0.5, 0.6) is 11.5 Å². The van der Waals surface area contributed by atoms with Crippen LogP contribution in [0.15, 0.2) is 78.9 Å². The summed E-state index contributed by atoms with van der Waals surface area (Å²) in [5, 5.41) is 6.02. The summed E-state index contributed by atoms with van der Waals surface area (Å²) in [7, 11) is 0.